The standard InChI is InChI=1S/C10H16ClN3O3S/c1-14-7-9(6-12-14)18(15,16)13-10(8-11)2-4-17-5-3-10/h6-7,13H,2-5,8H2,1H3. The average molecular weight is 294 g/mol. The minimum absolute atomic E-state index is 0.154. The molecule has 0 bridgehead atoms. The molecule has 1 N–H and O–H groups in total. The lowest BCUT2D eigenvalue weighted by Crippen LogP contribution is -2.53. The molecular formula is C10H16ClN3O3S. The van der Waals surface area contributed by atoms with Crippen LogP contribution in [-0.4, -0.2) is 42.8 Å². The Bertz CT molecular complexity index is 508. The summed E-state index contributed by atoms with van der Waals surface area (Å²) in [6, 6.07) is 0. The van der Waals surface area contributed by atoms with E-state index in [1.54, 1.807) is 7.05 Å². The number of halogens is 1. The SMILES string of the molecule is Cn1cc(S(=O)(=O)NC2(CCl)CCOCC2)cn1. The number of ether oxygens (including phenoxy) is 1. The Morgan fingerprint density at radius 3 is 2.72 bits per heavy atom. The van der Waals surface area contributed by atoms with Crippen molar-refractivity contribution in [2.24, 2.45) is 7.05 Å². The minimum atomic E-state index is -3.58. The van der Waals surface area contributed by atoms with Crippen molar-refractivity contribution in [3.8, 4) is 0 Å². The summed E-state index contributed by atoms with van der Waals surface area (Å²) in [5.41, 5.74) is -0.617. The van der Waals surface area contributed by atoms with Crippen molar-refractivity contribution in [3.05, 3.63) is 12.4 Å². The van der Waals surface area contributed by atoms with E-state index in [2.05, 4.69) is 9.82 Å². The summed E-state index contributed by atoms with van der Waals surface area (Å²) in [5.74, 6) is 0.232. The number of rotatable bonds is 4. The van der Waals surface area contributed by atoms with Crippen molar-refractivity contribution in [2.75, 3.05) is 19.1 Å². The molecule has 102 valence electrons. The van der Waals surface area contributed by atoms with Crippen molar-refractivity contribution >= 4 is 21.6 Å². The lowest BCUT2D eigenvalue weighted by atomic mass is 9.94. The molecule has 0 amide bonds. The third-order valence-electron chi connectivity index (χ3n) is 3.05. The van der Waals surface area contributed by atoms with Crippen LogP contribution in [-0.2, 0) is 21.8 Å². The van der Waals surface area contributed by atoms with Gasteiger partial charge in [0.05, 0.1) is 11.7 Å². The first-order chi connectivity index (χ1) is 8.47. The predicted octanol–water partition coefficient (Wildman–Crippen LogP) is 0.486. The first-order valence-electron chi connectivity index (χ1n) is 5.64. The molecule has 6 nitrogen and oxygen atoms in total. The third-order valence-corrected chi connectivity index (χ3v) is 5.09. The van der Waals surface area contributed by atoms with Crippen molar-refractivity contribution < 1.29 is 13.2 Å². The fraction of sp³-hybridized carbons (Fsp3) is 0.700. The molecule has 1 aromatic rings. The molecular weight excluding hydrogens is 278 g/mol. The molecule has 0 spiro atoms. The summed E-state index contributed by atoms with van der Waals surface area (Å²) in [5, 5.41) is 3.86. The highest BCUT2D eigenvalue weighted by Crippen LogP contribution is 2.24. The molecule has 1 aromatic heterocycles. The largest absolute Gasteiger partial charge is 0.381 e. The molecule has 0 unspecified atom stereocenters. The lowest BCUT2D eigenvalue weighted by molar-refractivity contribution is 0.0549. The number of nitrogens with one attached hydrogen (secondary N) is 1. The van der Waals surface area contributed by atoms with Crippen LogP contribution in [0.4, 0.5) is 0 Å². The number of nitrogens with zero attached hydrogens (tertiary/aromatic N) is 2. The van der Waals surface area contributed by atoms with E-state index in [9.17, 15) is 8.42 Å². The fourth-order valence-corrected chi connectivity index (χ4v) is 3.76. The summed E-state index contributed by atoms with van der Waals surface area (Å²) < 4.78 is 33.8. The van der Waals surface area contributed by atoms with Gasteiger partial charge in [-0.1, -0.05) is 0 Å². The Morgan fingerprint density at radius 2 is 2.22 bits per heavy atom. The van der Waals surface area contributed by atoms with E-state index in [-0.39, 0.29) is 10.8 Å². The van der Waals surface area contributed by atoms with Crippen LogP contribution in [0.15, 0.2) is 17.3 Å². The molecule has 2 rings (SSSR count). The summed E-state index contributed by atoms with van der Waals surface area (Å²) in [6.45, 7) is 1.03. The van der Waals surface area contributed by atoms with Crippen molar-refractivity contribution in [2.45, 2.75) is 23.3 Å². The van der Waals surface area contributed by atoms with Crippen LogP contribution in [0.1, 0.15) is 12.8 Å². The number of hydrogen-bond acceptors (Lipinski definition) is 4. The molecule has 0 aromatic carbocycles. The number of hydrogen-bond donors (Lipinski definition) is 1. The predicted molar refractivity (Wildman–Crippen MR) is 67.0 cm³/mol. The van der Waals surface area contributed by atoms with E-state index in [0.29, 0.717) is 26.1 Å². The summed E-state index contributed by atoms with van der Waals surface area (Å²) in [7, 11) is -1.91. The molecule has 1 fully saturated rings. The molecule has 0 aliphatic carbocycles. The third kappa shape index (κ3) is 2.85. The molecule has 1 saturated heterocycles. The maximum Gasteiger partial charge on any atom is 0.244 e. The highest BCUT2D eigenvalue weighted by Gasteiger charge is 2.36. The van der Waals surface area contributed by atoms with Crippen LogP contribution < -0.4 is 4.72 Å². The maximum atomic E-state index is 12.2. The Hall–Kier alpha value is -0.630. The highest BCUT2D eigenvalue weighted by molar-refractivity contribution is 7.89. The molecule has 1 aliphatic rings. The molecule has 0 atom stereocenters. The Morgan fingerprint density at radius 1 is 1.56 bits per heavy atom. The number of aromatic nitrogens is 2. The Balaban J connectivity index is 2.21. The summed E-state index contributed by atoms with van der Waals surface area (Å²) in [4.78, 5) is 0.154. The molecule has 0 saturated carbocycles. The number of aryl methyl sites for hydroxylation is 1. The summed E-state index contributed by atoms with van der Waals surface area (Å²) in [6.07, 6.45) is 3.94. The van der Waals surface area contributed by atoms with E-state index in [4.69, 9.17) is 16.3 Å². The second-order valence-corrected chi connectivity index (χ2v) is 6.43. The Labute approximate surface area is 111 Å². The van der Waals surface area contributed by atoms with Gasteiger partial charge in [-0.15, -0.1) is 11.6 Å². The van der Waals surface area contributed by atoms with E-state index in [1.807, 2.05) is 0 Å². The van der Waals surface area contributed by atoms with E-state index < -0.39 is 15.6 Å². The number of alkyl halides is 1. The Kier molecular flexibility index (Phi) is 3.96. The van der Waals surface area contributed by atoms with Gasteiger partial charge in [0.2, 0.25) is 10.0 Å². The van der Waals surface area contributed by atoms with Gasteiger partial charge in [-0.05, 0) is 12.8 Å². The topological polar surface area (TPSA) is 73.2 Å². The van der Waals surface area contributed by atoms with E-state index in [0.717, 1.165) is 0 Å². The van der Waals surface area contributed by atoms with Gasteiger partial charge < -0.3 is 4.74 Å². The maximum absolute atomic E-state index is 12.2. The van der Waals surface area contributed by atoms with Crippen molar-refractivity contribution in [1.29, 1.82) is 0 Å². The molecule has 18 heavy (non-hydrogen) atoms. The van der Waals surface area contributed by atoms with Gasteiger partial charge in [0.15, 0.2) is 0 Å². The van der Waals surface area contributed by atoms with Crippen LogP contribution >= 0.6 is 11.6 Å². The second-order valence-electron chi connectivity index (χ2n) is 4.48. The molecule has 8 heteroatoms. The van der Waals surface area contributed by atoms with Gasteiger partial charge in [-0.2, -0.15) is 5.10 Å². The van der Waals surface area contributed by atoms with Crippen molar-refractivity contribution in [3.63, 3.8) is 0 Å². The smallest absolute Gasteiger partial charge is 0.244 e. The average Bonchev–Trinajstić information content (AvgIpc) is 2.77. The van der Waals surface area contributed by atoms with Crippen LogP contribution in [0.25, 0.3) is 0 Å². The van der Waals surface area contributed by atoms with Gasteiger partial charge in [0.1, 0.15) is 4.90 Å². The molecule has 1 aliphatic heterocycles. The van der Waals surface area contributed by atoms with E-state index >= 15 is 0 Å². The fourth-order valence-electron chi connectivity index (χ4n) is 1.91. The normalized spacial score (nSPS) is 19.9. The monoisotopic (exact) mass is 293 g/mol. The van der Waals surface area contributed by atoms with Gasteiger partial charge in [0, 0.05) is 32.3 Å². The van der Waals surface area contributed by atoms with Crippen LogP contribution in [0.3, 0.4) is 0 Å². The second kappa shape index (κ2) is 5.16. The quantitative estimate of drug-likeness (QED) is 0.820. The van der Waals surface area contributed by atoms with Crippen LogP contribution in [0.5, 0.6) is 0 Å². The van der Waals surface area contributed by atoms with Gasteiger partial charge in [0.25, 0.3) is 0 Å². The number of sulfonamides is 1. The first-order valence-corrected chi connectivity index (χ1v) is 7.66. The van der Waals surface area contributed by atoms with Gasteiger partial charge in [-0.25, -0.2) is 13.1 Å². The van der Waals surface area contributed by atoms with Crippen molar-refractivity contribution in [1.82, 2.24) is 14.5 Å². The highest BCUT2D eigenvalue weighted by atomic mass is 35.5. The van der Waals surface area contributed by atoms with Gasteiger partial charge in [-0.3, -0.25) is 4.68 Å². The minimum Gasteiger partial charge on any atom is -0.381 e. The van der Waals surface area contributed by atoms with E-state index in [1.165, 1.54) is 17.1 Å². The zero-order chi connectivity index (χ0) is 13.2. The molecule has 2 heterocycles. The van der Waals surface area contributed by atoms with Gasteiger partial charge >= 0.3 is 0 Å². The summed E-state index contributed by atoms with van der Waals surface area (Å²) >= 11 is 5.93. The first kappa shape index (κ1) is 13.8. The van der Waals surface area contributed by atoms with Crippen LogP contribution in [0.2, 0.25) is 0 Å². The zero-order valence-electron chi connectivity index (χ0n) is 10.1. The molecule has 0 radical (unpaired) electrons. The lowest BCUT2D eigenvalue weighted by Gasteiger charge is -2.35. The van der Waals surface area contributed by atoms with Crippen LogP contribution in [0, 0.1) is 0 Å². The zero-order valence-corrected chi connectivity index (χ0v) is 11.7.